The van der Waals surface area contributed by atoms with Crippen molar-refractivity contribution in [3.8, 4) is 11.3 Å². The normalized spacial score (nSPS) is 15.5. The Morgan fingerprint density at radius 1 is 1.06 bits per heavy atom. The predicted octanol–water partition coefficient (Wildman–Crippen LogP) is 4.57. The van der Waals surface area contributed by atoms with Crippen LogP contribution in [-0.4, -0.2) is 38.2 Å². The molecular formula is C25H24N6O3. The smallest absolute Gasteiger partial charge is 0.310 e. The highest BCUT2D eigenvalue weighted by atomic mass is 16.7. The van der Waals surface area contributed by atoms with Gasteiger partial charge in [0.25, 0.3) is 0 Å². The molecule has 0 aliphatic carbocycles. The van der Waals surface area contributed by atoms with E-state index < -0.39 is 0 Å². The summed E-state index contributed by atoms with van der Waals surface area (Å²) in [6.45, 7) is 3.85. The molecule has 1 aliphatic heterocycles. The zero-order valence-corrected chi connectivity index (χ0v) is 18.9. The van der Waals surface area contributed by atoms with Crippen LogP contribution in [0, 0.1) is 6.92 Å². The van der Waals surface area contributed by atoms with E-state index in [4.69, 9.17) is 4.84 Å². The highest BCUT2D eigenvalue weighted by Crippen LogP contribution is 2.31. The Morgan fingerprint density at radius 2 is 1.88 bits per heavy atom. The molecular weight excluding hydrogens is 432 g/mol. The van der Waals surface area contributed by atoms with Crippen LogP contribution in [-0.2, 0) is 9.63 Å². The molecule has 2 aromatic carbocycles. The number of anilines is 2. The molecule has 0 radical (unpaired) electrons. The van der Waals surface area contributed by atoms with E-state index in [9.17, 15) is 9.59 Å². The third kappa shape index (κ3) is 4.33. The van der Waals surface area contributed by atoms with Gasteiger partial charge in [-0.1, -0.05) is 42.5 Å². The van der Waals surface area contributed by atoms with Crippen molar-refractivity contribution in [1.29, 1.82) is 0 Å². The zero-order chi connectivity index (χ0) is 23.7. The Bertz CT molecular complexity index is 1370. The van der Waals surface area contributed by atoms with Gasteiger partial charge in [0.2, 0.25) is 5.91 Å². The molecule has 5 rings (SSSR count). The summed E-state index contributed by atoms with van der Waals surface area (Å²) in [5.74, 6) is 0.242. The minimum absolute atomic E-state index is 0.132. The van der Waals surface area contributed by atoms with Crippen LogP contribution in [0.3, 0.4) is 0 Å². The van der Waals surface area contributed by atoms with E-state index in [1.165, 1.54) is 12.0 Å². The van der Waals surface area contributed by atoms with Crippen LogP contribution >= 0.6 is 0 Å². The number of urea groups is 1. The molecule has 1 fully saturated rings. The number of nitrogens with one attached hydrogen (secondary N) is 2. The van der Waals surface area contributed by atoms with Crippen LogP contribution in [0.5, 0.6) is 0 Å². The standard InChI is InChI=1S/C25H24N6O3/c1-16-8-9-19(20-10-11-24-28-23(26-17(2)32)15-30(24)29-20)14-21(16)27-25(33)31-22(12-13-34-31)18-6-4-3-5-7-18/h3-11,14-15,22H,12-13H2,1-2H3,(H,26,32)(H,27,33)/t22-/m0/s1. The molecule has 0 unspecified atom stereocenters. The summed E-state index contributed by atoms with van der Waals surface area (Å²) in [4.78, 5) is 34.4. The van der Waals surface area contributed by atoms with Crippen molar-refractivity contribution in [2.75, 3.05) is 17.2 Å². The van der Waals surface area contributed by atoms with Crippen LogP contribution in [0.1, 0.15) is 30.5 Å². The number of benzene rings is 2. The van der Waals surface area contributed by atoms with Gasteiger partial charge in [-0.2, -0.15) is 10.2 Å². The lowest BCUT2D eigenvalue weighted by atomic mass is 10.0. The van der Waals surface area contributed by atoms with Gasteiger partial charge in [-0.25, -0.2) is 14.3 Å². The van der Waals surface area contributed by atoms with Gasteiger partial charge >= 0.3 is 6.03 Å². The van der Waals surface area contributed by atoms with Gasteiger partial charge in [0.15, 0.2) is 11.5 Å². The van der Waals surface area contributed by atoms with E-state index in [0.29, 0.717) is 29.5 Å². The van der Waals surface area contributed by atoms with Crippen molar-refractivity contribution in [3.05, 3.63) is 78.0 Å². The lowest BCUT2D eigenvalue weighted by Crippen LogP contribution is -2.33. The maximum Gasteiger partial charge on any atom is 0.346 e. The number of nitrogens with zero attached hydrogens (tertiary/aromatic N) is 4. The molecule has 1 saturated heterocycles. The lowest BCUT2D eigenvalue weighted by Gasteiger charge is -2.23. The number of hydrogen-bond acceptors (Lipinski definition) is 5. The molecule has 9 nitrogen and oxygen atoms in total. The highest BCUT2D eigenvalue weighted by Gasteiger charge is 2.32. The van der Waals surface area contributed by atoms with Gasteiger partial charge in [0.1, 0.15) is 0 Å². The Morgan fingerprint density at radius 3 is 2.68 bits per heavy atom. The van der Waals surface area contributed by atoms with E-state index in [0.717, 1.165) is 23.1 Å². The van der Waals surface area contributed by atoms with Crippen molar-refractivity contribution in [2.24, 2.45) is 0 Å². The number of aryl methyl sites for hydroxylation is 1. The van der Waals surface area contributed by atoms with Gasteiger partial charge in [0, 0.05) is 24.6 Å². The van der Waals surface area contributed by atoms with E-state index in [2.05, 4.69) is 20.7 Å². The van der Waals surface area contributed by atoms with E-state index >= 15 is 0 Å². The van der Waals surface area contributed by atoms with Gasteiger partial charge in [-0.15, -0.1) is 0 Å². The molecule has 9 heteroatoms. The molecule has 3 heterocycles. The van der Waals surface area contributed by atoms with Crippen LogP contribution in [0.15, 0.2) is 66.9 Å². The number of rotatable bonds is 4. The predicted molar refractivity (Wildman–Crippen MR) is 128 cm³/mol. The lowest BCUT2D eigenvalue weighted by molar-refractivity contribution is -0.114. The van der Waals surface area contributed by atoms with Crippen molar-refractivity contribution in [1.82, 2.24) is 19.7 Å². The first-order chi connectivity index (χ1) is 16.5. The summed E-state index contributed by atoms with van der Waals surface area (Å²) in [7, 11) is 0. The van der Waals surface area contributed by atoms with E-state index in [1.807, 2.05) is 67.6 Å². The number of fused-ring (bicyclic) bond motifs is 1. The highest BCUT2D eigenvalue weighted by molar-refractivity contribution is 5.91. The number of hydrogen-bond donors (Lipinski definition) is 2. The molecule has 3 amide bonds. The topological polar surface area (TPSA) is 101 Å². The average molecular weight is 457 g/mol. The first-order valence-corrected chi connectivity index (χ1v) is 11.0. The summed E-state index contributed by atoms with van der Waals surface area (Å²) in [5.41, 5.74) is 4.79. The summed E-state index contributed by atoms with van der Waals surface area (Å²) in [5, 5.41) is 11.7. The Kier molecular flexibility index (Phi) is 5.69. The largest absolute Gasteiger partial charge is 0.346 e. The monoisotopic (exact) mass is 456 g/mol. The molecule has 2 N–H and O–H groups in total. The number of imidazole rings is 1. The van der Waals surface area contributed by atoms with E-state index in [-0.39, 0.29) is 18.0 Å². The third-order valence-corrected chi connectivity index (χ3v) is 5.69. The Labute approximate surface area is 196 Å². The van der Waals surface area contributed by atoms with Gasteiger partial charge in [-0.3, -0.25) is 9.63 Å². The summed E-state index contributed by atoms with van der Waals surface area (Å²) < 4.78 is 1.61. The van der Waals surface area contributed by atoms with Gasteiger partial charge in [0.05, 0.1) is 24.5 Å². The number of carbonyl (C=O) groups is 2. The van der Waals surface area contributed by atoms with Gasteiger partial charge in [-0.05, 0) is 36.2 Å². The summed E-state index contributed by atoms with van der Waals surface area (Å²) >= 11 is 0. The number of amides is 3. The molecule has 0 saturated carbocycles. The maximum atomic E-state index is 13.1. The fourth-order valence-electron chi connectivity index (χ4n) is 4.01. The molecule has 34 heavy (non-hydrogen) atoms. The quantitative estimate of drug-likeness (QED) is 0.468. The first-order valence-electron chi connectivity index (χ1n) is 11.0. The third-order valence-electron chi connectivity index (χ3n) is 5.69. The molecule has 0 bridgehead atoms. The minimum Gasteiger partial charge on any atom is -0.310 e. The van der Waals surface area contributed by atoms with Gasteiger partial charge < -0.3 is 10.6 Å². The maximum absolute atomic E-state index is 13.1. The number of carbonyl (C=O) groups excluding carboxylic acids is 2. The van der Waals surface area contributed by atoms with Crippen molar-refractivity contribution >= 4 is 29.1 Å². The minimum atomic E-state index is -0.315. The average Bonchev–Trinajstić information content (AvgIpc) is 3.47. The van der Waals surface area contributed by atoms with Crippen molar-refractivity contribution in [3.63, 3.8) is 0 Å². The van der Waals surface area contributed by atoms with Crippen molar-refractivity contribution < 1.29 is 14.4 Å². The molecule has 0 spiro atoms. The fraction of sp³-hybridized carbons (Fsp3) is 0.200. The van der Waals surface area contributed by atoms with Crippen molar-refractivity contribution in [2.45, 2.75) is 26.3 Å². The Balaban J connectivity index is 1.38. The van der Waals surface area contributed by atoms with Crippen LogP contribution in [0.2, 0.25) is 0 Å². The molecule has 2 aromatic heterocycles. The molecule has 4 aromatic rings. The SMILES string of the molecule is CC(=O)Nc1cn2nc(-c3ccc(C)c(NC(=O)N4OCC[C@H]4c4ccccc4)c3)ccc2n1. The molecule has 172 valence electrons. The van der Waals surface area contributed by atoms with Crippen LogP contribution < -0.4 is 10.6 Å². The van der Waals surface area contributed by atoms with E-state index in [1.54, 1.807) is 10.7 Å². The van der Waals surface area contributed by atoms with Crippen LogP contribution in [0.4, 0.5) is 16.3 Å². The second-order valence-electron chi connectivity index (χ2n) is 8.16. The summed E-state index contributed by atoms with van der Waals surface area (Å²) in [6.07, 6.45) is 2.40. The second-order valence-corrected chi connectivity index (χ2v) is 8.16. The fourth-order valence-corrected chi connectivity index (χ4v) is 4.01. The first kappa shape index (κ1) is 21.6. The molecule has 1 aliphatic rings. The number of hydroxylamine groups is 2. The second kappa shape index (κ2) is 8.95. The molecule has 1 atom stereocenters. The summed E-state index contributed by atoms with van der Waals surface area (Å²) in [6, 6.07) is 18.9. The Hall–Kier alpha value is -4.24. The zero-order valence-electron chi connectivity index (χ0n) is 18.9. The number of aromatic nitrogens is 3. The van der Waals surface area contributed by atoms with Crippen LogP contribution in [0.25, 0.3) is 16.9 Å².